The van der Waals surface area contributed by atoms with Gasteiger partial charge in [-0.15, -0.1) is 0 Å². The molecule has 1 heterocycles. The van der Waals surface area contributed by atoms with Gasteiger partial charge in [-0.05, 0) is 60.2 Å². The summed E-state index contributed by atoms with van der Waals surface area (Å²) in [5, 5.41) is 7.87. The summed E-state index contributed by atoms with van der Waals surface area (Å²) in [6.45, 7) is 9.46. The van der Waals surface area contributed by atoms with Crippen molar-refractivity contribution in [2.75, 3.05) is 13.1 Å². The zero-order valence-electron chi connectivity index (χ0n) is 26.2. The van der Waals surface area contributed by atoms with Crippen molar-refractivity contribution >= 4 is 34.4 Å². The molecule has 9 heteroatoms. The van der Waals surface area contributed by atoms with Crippen molar-refractivity contribution in [1.82, 2.24) is 20.4 Å². The zero-order valence-corrected chi connectivity index (χ0v) is 26.2. The summed E-state index contributed by atoms with van der Waals surface area (Å²) >= 11 is 0. The van der Waals surface area contributed by atoms with Gasteiger partial charge >= 0.3 is 0 Å². The second-order valence-corrected chi connectivity index (χ2v) is 12.4. The highest BCUT2D eigenvalue weighted by Gasteiger charge is 2.43. The number of fused-ring (bicyclic) bond motifs is 1. The number of amides is 4. The van der Waals surface area contributed by atoms with Gasteiger partial charge in [0.05, 0.1) is 0 Å². The lowest BCUT2D eigenvalue weighted by Gasteiger charge is -2.45. The maximum Gasteiger partial charge on any atom is 0.246 e. The highest BCUT2D eigenvalue weighted by Crippen LogP contribution is 2.25. The van der Waals surface area contributed by atoms with Crippen LogP contribution in [0.25, 0.3) is 10.8 Å². The second-order valence-electron chi connectivity index (χ2n) is 12.4. The van der Waals surface area contributed by atoms with E-state index in [2.05, 4.69) is 10.6 Å². The van der Waals surface area contributed by atoms with Gasteiger partial charge in [0.25, 0.3) is 0 Å². The average Bonchev–Trinajstić information content (AvgIpc) is 2.96. The van der Waals surface area contributed by atoms with Crippen molar-refractivity contribution in [3.05, 3.63) is 83.7 Å². The number of rotatable bonds is 11. The van der Waals surface area contributed by atoms with Gasteiger partial charge < -0.3 is 20.4 Å². The molecule has 2 N–H and O–H groups in total. The van der Waals surface area contributed by atoms with Crippen molar-refractivity contribution in [3.8, 4) is 0 Å². The normalized spacial score (nSPS) is 16.7. The van der Waals surface area contributed by atoms with Crippen molar-refractivity contribution in [2.45, 2.75) is 78.0 Å². The van der Waals surface area contributed by atoms with Crippen LogP contribution in [0.1, 0.15) is 52.2 Å². The number of hydrogen-bond donors (Lipinski definition) is 2. The Morgan fingerprint density at radius 3 is 2.16 bits per heavy atom. The molecule has 0 aromatic heterocycles. The van der Waals surface area contributed by atoms with Crippen LogP contribution in [-0.2, 0) is 32.0 Å². The third kappa shape index (κ3) is 8.21. The number of benzene rings is 3. The second kappa shape index (κ2) is 14.5. The van der Waals surface area contributed by atoms with E-state index < -0.39 is 23.9 Å². The summed E-state index contributed by atoms with van der Waals surface area (Å²) in [5.41, 5.74) is 1.62. The Bertz CT molecular complexity index is 1490. The first-order chi connectivity index (χ1) is 20.9. The standard InChI is InChI=1S/C35H43FN4O4/c1-22(2)18-32-35(44)39(16-17-40(32)34(43)30(38-24(5)41)20-25-11-14-29(36)15-12-25)31(33(42)37-23(3)4)21-26-10-13-27-8-6-7-9-28(27)19-26/h6-15,19,22-23,30-32H,16-18,20-21H2,1-5H3,(H,37,42)(H,38,41)/t30?,31?,32-/m1/s1. The van der Waals surface area contributed by atoms with E-state index in [-0.39, 0.29) is 55.1 Å². The maximum atomic E-state index is 14.3. The number of halogens is 1. The molecular weight excluding hydrogens is 559 g/mol. The third-order valence-electron chi connectivity index (χ3n) is 7.89. The number of piperazine rings is 1. The summed E-state index contributed by atoms with van der Waals surface area (Å²) in [4.78, 5) is 57.2. The van der Waals surface area contributed by atoms with E-state index in [4.69, 9.17) is 0 Å². The molecule has 1 aliphatic heterocycles. The molecule has 0 radical (unpaired) electrons. The molecule has 1 aliphatic rings. The Morgan fingerprint density at radius 1 is 0.864 bits per heavy atom. The summed E-state index contributed by atoms with van der Waals surface area (Å²) in [6, 6.07) is 17.2. The lowest BCUT2D eigenvalue weighted by molar-refractivity contribution is -0.157. The molecular formula is C35H43FN4O4. The summed E-state index contributed by atoms with van der Waals surface area (Å²) in [6.07, 6.45) is 0.887. The minimum absolute atomic E-state index is 0.0824. The lowest BCUT2D eigenvalue weighted by atomic mass is 9.94. The molecule has 44 heavy (non-hydrogen) atoms. The minimum atomic E-state index is -0.926. The van der Waals surface area contributed by atoms with Gasteiger partial charge in [-0.25, -0.2) is 4.39 Å². The molecule has 1 saturated heterocycles. The number of carbonyl (C=O) groups excluding carboxylic acids is 4. The molecule has 0 saturated carbocycles. The van der Waals surface area contributed by atoms with Crippen LogP contribution in [0.3, 0.4) is 0 Å². The van der Waals surface area contributed by atoms with Gasteiger partial charge in [-0.1, -0.05) is 68.4 Å². The molecule has 0 spiro atoms. The topological polar surface area (TPSA) is 98.8 Å². The van der Waals surface area contributed by atoms with E-state index in [1.165, 1.54) is 19.1 Å². The maximum absolute atomic E-state index is 14.3. The Labute approximate surface area is 259 Å². The van der Waals surface area contributed by atoms with Crippen LogP contribution in [0, 0.1) is 11.7 Å². The fraction of sp³-hybridized carbons (Fsp3) is 0.429. The number of hydrogen-bond acceptors (Lipinski definition) is 4. The average molecular weight is 603 g/mol. The van der Waals surface area contributed by atoms with Crippen LogP contribution >= 0.6 is 0 Å². The number of nitrogens with zero attached hydrogens (tertiary/aromatic N) is 2. The third-order valence-corrected chi connectivity index (χ3v) is 7.89. The minimum Gasteiger partial charge on any atom is -0.352 e. The van der Waals surface area contributed by atoms with Gasteiger partial charge in [-0.2, -0.15) is 0 Å². The van der Waals surface area contributed by atoms with E-state index in [1.54, 1.807) is 21.9 Å². The zero-order chi connectivity index (χ0) is 32.0. The first-order valence-corrected chi connectivity index (χ1v) is 15.3. The van der Waals surface area contributed by atoms with Crippen LogP contribution in [0.4, 0.5) is 4.39 Å². The molecule has 2 unspecified atom stereocenters. The van der Waals surface area contributed by atoms with Crippen LogP contribution in [0.5, 0.6) is 0 Å². The predicted octanol–water partition coefficient (Wildman–Crippen LogP) is 4.25. The molecule has 3 aromatic carbocycles. The molecule has 4 amide bonds. The van der Waals surface area contributed by atoms with Crippen LogP contribution in [-0.4, -0.2) is 70.7 Å². The fourth-order valence-electron chi connectivity index (χ4n) is 5.87. The Kier molecular flexibility index (Phi) is 10.7. The molecule has 3 aromatic rings. The van der Waals surface area contributed by atoms with Gasteiger partial charge in [0, 0.05) is 38.9 Å². The quantitative estimate of drug-likeness (QED) is 0.343. The van der Waals surface area contributed by atoms with Crippen LogP contribution in [0.15, 0.2) is 66.7 Å². The van der Waals surface area contributed by atoms with E-state index in [1.807, 2.05) is 70.2 Å². The van der Waals surface area contributed by atoms with Crippen LogP contribution < -0.4 is 10.6 Å². The Balaban J connectivity index is 1.63. The number of nitrogens with one attached hydrogen (secondary N) is 2. The van der Waals surface area contributed by atoms with Crippen molar-refractivity contribution in [3.63, 3.8) is 0 Å². The Hall–Kier alpha value is -4.27. The molecule has 4 rings (SSSR count). The SMILES string of the molecule is CC(=O)NC(Cc1ccc(F)cc1)C(=O)N1CCN(C(Cc2ccc3ccccc3c2)C(=O)NC(C)C)C(=O)[C@H]1CC(C)C. The predicted molar refractivity (Wildman–Crippen MR) is 169 cm³/mol. The highest BCUT2D eigenvalue weighted by atomic mass is 19.1. The molecule has 3 atom stereocenters. The molecule has 0 bridgehead atoms. The van der Waals surface area contributed by atoms with Crippen molar-refractivity contribution < 1.29 is 23.6 Å². The lowest BCUT2D eigenvalue weighted by Crippen LogP contribution is -2.66. The molecule has 8 nitrogen and oxygen atoms in total. The summed E-state index contributed by atoms with van der Waals surface area (Å²) < 4.78 is 13.5. The van der Waals surface area contributed by atoms with E-state index in [0.717, 1.165) is 16.3 Å². The molecule has 234 valence electrons. The van der Waals surface area contributed by atoms with E-state index in [0.29, 0.717) is 18.4 Å². The van der Waals surface area contributed by atoms with Gasteiger partial charge in [0.15, 0.2) is 0 Å². The van der Waals surface area contributed by atoms with Crippen molar-refractivity contribution in [1.29, 1.82) is 0 Å². The summed E-state index contributed by atoms with van der Waals surface area (Å²) in [5.74, 6) is -1.59. The fourth-order valence-corrected chi connectivity index (χ4v) is 5.87. The smallest absolute Gasteiger partial charge is 0.246 e. The largest absolute Gasteiger partial charge is 0.352 e. The van der Waals surface area contributed by atoms with E-state index in [9.17, 15) is 23.6 Å². The van der Waals surface area contributed by atoms with Crippen LogP contribution in [0.2, 0.25) is 0 Å². The van der Waals surface area contributed by atoms with Gasteiger partial charge in [0.2, 0.25) is 23.6 Å². The monoisotopic (exact) mass is 602 g/mol. The van der Waals surface area contributed by atoms with E-state index >= 15 is 0 Å². The van der Waals surface area contributed by atoms with Crippen molar-refractivity contribution in [2.24, 2.45) is 5.92 Å². The number of carbonyl (C=O) groups is 4. The van der Waals surface area contributed by atoms with Gasteiger partial charge in [-0.3, -0.25) is 19.2 Å². The molecule has 0 aliphatic carbocycles. The molecule has 1 fully saturated rings. The summed E-state index contributed by atoms with van der Waals surface area (Å²) in [7, 11) is 0. The van der Waals surface area contributed by atoms with Gasteiger partial charge in [0.1, 0.15) is 23.9 Å². The first-order valence-electron chi connectivity index (χ1n) is 15.3. The Morgan fingerprint density at radius 2 is 1.52 bits per heavy atom. The first kappa shape index (κ1) is 32.6. The highest BCUT2D eigenvalue weighted by molar-refractivity contribution is 5.95.